The minimum absolute atomic E-state index is 0.0817. The Morgan fingerprint density at radius 1 is 1.18 bits per heavy atom. The van der Waals surface area contributed by atoms with E-state index in [2.05, 4.69) is 29.0 Å². The number of benzene rings is 1. The molecule has 3 rings (SSSR count). The Morgan fingerprint density at radius 3 is 2.59 bits per heavy atom. The highest BCUT2D eigenvalue weighted by atomic mass is 16.2. The van der Waals surface area contributed by atoms with Crippen LogP contribution in [0.3, 0.4) is 0 Å². The molecule has 1 saturated heterocycles. The summed E-state index contributed by atoms with van der Waals surface area (Å²) in [5, 5.41) is 3.94. The zero-order chi connectivity index (χ0) is 15.4. The molecule has 114 valence electrons. The van der Waals surface area contributed by atoms with Crippen LogP contribution in [0.2, 0.25) is 0 Å². The molecule has 0 aliphatic carbocycles. The highest BCUT2D eigenvalue weighted by Gasteiger charge is 2.34. The molecule has 0 N–H and O–H groups in total. The smallest absolute Gasteiger partial charge is 0.244 e. The lowest BCUT2D eigenvalue weighted by atomic mass is 9.98. The number of amides is 1. The summed E-state index contributed by atoms with van der Waals surface area (Å²) < 4.78 is 0. The Kier molecular flexibility index (Phi) is 4.37. The van der Waals surface area contributed by atoms with Crippen molar-refractivity contribution in [3.05, 3.63) is 60.4 Å². The van der Waals surface area contributed by atoms with Crippen molar-refractivity contribution in [2.45, 2.75) is 19.8 Å². The third-order valence-corrected chi connectivity index (χ3v) is 4.17. The number of hydrogen-bond acceptors (Lipinski definition) is 3. The molecule has 4 heteroatoms. The third-order valence-electron chi connectivity index (χ3n) is 4.17. The molecular formula is C18H21N3O. The first kappa shape index (κ1) is 14.6. The van der Waals surface area contributed by atoms with Gasteiger partial charge in [0.25, 0.3) is 0 Å². The van der Waals surface area contributed by atoms with Crippen LogP contribution in [-0.2, 0) is 11.2 Å². The van der Waals surface area contributed by atoms with E-state index in [4.69, 9.17) is 0 Å². The van der Waals surface area contributed by atoms with Crippen molar-refractivity contribution >= 4 is 11.6 Å². The van der Waals surface area contributed by atoms with E-state index in [1.54, 1.807) is 12.4 Å². The number of pyridine rings is 1. The van der Waals surface area contributed by atoms with Crippen molar-refractivity contribution in [2.24, 2.45) is 5.92 Å². The van der Waals surface area contributed by atoms with E-state index < -0.39 is 0 Å². The molecule has 1 amide bonds. The summed E-state index contributed by atoms with van der Waals surface area (Å²) in [6, 6.07) is 14.1. The molecule has 0 saturated carbocycles. The molecule has 1 aromatic carbocycles. The average molecular weight is 295 g/mol. The number of nitrogens with zero attached hydrogens (tertiary/aromatic N) is 3. The van der Waals surface area contributed by atoms with E-state index in [-0.39, 0.29) is 11.8 Å². The highest BCUT2D eigenvalue weighted by Crippen LogP contribution is 2.26. The van der Waals surface area contributed by atoms with E-state index in [0.29, 0.717) is 0 Å². The second-order valence-electron chi connectivity index (χ2n) is 5.56. The molecule has 2 aromatic rings. The van der Waals surface area contributed by atoms with Crippen LogP contribution in [0.1, 0.15) is 18.9 Å². The maximum Gasteiger partial charge on any atom is 0.244 e. The first-order valence-electron chi connectivity index (χ1n) is 7.82. The Morgan fingerprint density at radius 2 is 1.91 bits per heavy atom. The molecule has 0 bridgehead atoms. The summed E-state index contributed by atoms with van der Waals surface area (Å²) >= 11 is 0. The minimum Gasteiger partial charge on any atom is -0.283 e. The van der Waals surface area contributed by atoms with E-state index >= 15 is 0 Å². The number of rotatable bonds is 5. The SMILES string of the molecule is CCN(c1ccncc1)N1CCC(Cc2ccccc2)C1=O. The number of hydrazine groups is 1. The van der Waals surface area contributed by atoms with Gasteiger partial charge in [-0.25, -0.2) is 0 Å². The summed E-state index contributed by atoms with van der Waals surface area (Å²) in [5.41, 5.74) is 2.25. The number of carbonyl (C=O) groups is 1. The molecule has 4 nitrogen and oxygen atoms in total. The lowest BCUT2D eigenvalue weighted by Gasteiger charge is -2.32. The van der Waals surface area contributed by atoms with Crippen LogP contribution in [0.25, 0.3) is 0 Å². The van der Waals surface area contributed by atoms with E-state index in [1.165, 1.54) is 5.56 Å². The second kappa shape index (κ2) is 6.60. The number of carbonyl (C=O) groups excluding carboxylic acids is 1. The number of aromatic nitrogens is 1. The maximum atomic E-state index is 12.8. The first-order chi connectivity index (χ1) is 10.8. The Balaban J connectivity index is 1.72. The van der Waals surface area contributed by atoms with E-state index in [1.807, 2.05) is 35.3 Å². The number of hydrogen-bond donors (Lipinski definition) is 0. The van der Waals surface area contributed by atoms with Crippen LogP contribution in [0.15, 0.2) is 54.9 Å². The molecule has 1 fully saturated rings. The summed E-state index contributed by atoms with van der Waals surface area (Å²) in [7, 11) is 0. The normalized spacial score (nSPS) is 17.8. The first-order valence-corrected chi connectivity index (χ1v) is 7.82. The van der Waals surface area contributed by atoms with Crippen molar-refractivity contribution in [1.82, 2.24) is 9.99 Å². The minimum atomic E-state index is 0.0817. The Hall–Kier alpha value is -2.36. The van der Waals surface area contributed by atoms with Gasteiger partial charge in [-0.3, -0.25) is 19.8 Å². The van der Waals surface area contributed by atoms with Crippen LogP contribution in [0, 0.1) is 5.92 Å². The van der Waals surface area contributed by atoms with Crippen LogP contribution in [0.4, 0.5) is 5.69 Å². The monoisotopic (exact) mass is 295 g/mol. The third kappa shape index (κ3) is 2.96. The molecule has 22 heavy (non-hydrogen) atoms. The van der Waals surface area contributed by atoms with Gasteiger partial charge in [0.05, 0.1) is 5.69 Å². The Bertz CT molecular complexity index is 615. The lowest BCUT2D eigenvalue weighted by molar-refractivity contribution is -0.131. The van der Waals surface area contributed by atoms with Crippen LogP contribution < -0.4 is 5.01 Å². The van der Waals surface area contributed by atoms with Gasteiger partial charge in [-0.1, -0.05) is 30.3 Å². The van der Waals surface area contributed by atoms with E-state index in [9.17, 15) is 4.79 Å². The molecule has 1 aliphatic rings. The summed E-state index contributed by atoms with van der Waals surface area (Å²) in [4.78, 5) is 16.8. The van der Waals surface area contributed by atoms with E-state index in [0.717, 1.165) is 31.6 Å². The standard InChI is InChI=1S/C18H21N3O/c1-2-20(17-8-11-19-12-9-17)21-13-10-16(18(21)22)14-15-6-4-3-5-7-15/h3-9,11-12,16H,2,10,13-14H2,1H3. The van der Waals surface area contributed by atoms with Gasteiger partial charge in [-0.15, -0.1) is 0 Å². The van der Waals surface area contributed by atoms with Crippen molar-refractivity contribution in [3.8, 4) is 0 Å². The van der Waals surface area contributed by atoms with Gasteiger partial charge in [0.1, 0.15) is 0 Å². The predicted molar refractivity (Wildman–Crippen MR) is 87.2 cm³/mol. The van der Waals surface area contributed by atoms with Crippen LogP contribution >= 0.6 is 0 Å². The van der Waals surface area contributed by atoms with Gasteiger partial charge >= 0.3 is 0 Å². The summed E-state index contributed by atoms with van der Waals surface area (Å²) in [6.07, 6.45) is 5.26. The van der Waals surface area contributed by atoms with Gasteiger partial charge < -0.3 is 0 Å². The van der Waals surface area contributed by atoms with Gasteiger partial charge in [-0.2, -0.15) is 0 Å². The topological polar surface area (TPSA) is 36.4 Å². The summed E-state index contributed by atoms with van der Waals surface area (Å²) in [5.74, 6) is 0.306. The van der Waals surface area contributed by atoms with Crippen molar-refractivity contribution in [1.29, 1.82) is 0 Å². The van der Waals surface area contributed by atoms with Crippen molar-refractivity contribution < 1.29 is 4.79 Å². The van der Waals surface area contributed by atoms with Crippen molar-refractivity contribution in [3.63, 3.8) is 0 Å². The molecule has 2 heterocycles. The highest BCUT2D eigenvalue weighted by molar-refractivity contribution is 5.82. The molecule has 0 radical (unpaired) electrons. The Labute approximate surface area is 131 Å². The summed E-state index contributed by atoms with van der Waals surface area (Å²) in [6.45, 7) is 3.62. The molecular weight excluding hydrogens is 274 g/mol. The largest absolute Gasteiger partial charge is 0.283 e. The lowest BCUT2D eigenvalue weighted by Crippen LogP contribution is -2.44. The molecule has 1 aromatic heterocycles. The fourth-order valence-electron chi connectivity index (χ4n) is 3.06. The van der Waals surface area contributed by atoms with Gasteiger partial charge in [0.15, 0.2) is 0 Å². The van der Waals surface area contributed by atoms with Crippen LogP contribution in [0.5, 0.6) is 0 Å². The molecule has 1 aliphatic heterocycles. The van der Waals surface area contributed by atoms with Crippen molar-refractivity contribution in [2.75, 3.05) is 18.1 Å². The van der Waals surface area contributed by atoms with Crippen LogP contribution in [-0.4, -0.2) is 29.0 Å². The fraction of sp³-hybridized carbons (Fsp3) is 0.333. The zero-order valence-corrected chi connectivity index (χ0v) is 12.9. The van der Waals surface area contributed by atoms with Gasteiger partial charge in [-0.05, 0) is 37.5 Å². The maximum absolute atomic E-state index is 12.8. The number of anilines is 1. The predicted octanol–water partition coefficient (Wildman–Crippen LogP) is 2.91. The molecule has 1 unspecified atom stereocenters. The average Bonchev–Trinajstić information content (AvgIpc) is 2.92. The fourth-order valence-corrected chi connectivity index (χ4v) is 3.06. The van der Waals surface area contributed by atoms with Gasteiger partial charge in [0, 0.05) is 31.4 Å². The zero-order valence-electron chi connectivity index (χ0n) is 12.9. The van der Waals surface area contributed by atoms with Gasteiger partial charge in [0.2, 0.25) is 5.91 Å². The quantitative estimate of drug-likeness (QED) is 0.851. The molecule has 0 spiro atoms. The molecule has 1 atom stereocenters. The second-order valence-corrected chi connectivity index (χ2v) is 5.56.